The molecular weight excluding hydrogens is 272 g/mol. The minimum Gasteiger partial charge on any atom is -0.393 e. The van der Waals surface area contributed by atoms with E-state index in [0.717, 1.165) is 11.3 Å². The van der Waals surface area contributed by atoms with Crippen LogP contribution in [0.3, 0.4) is 0 Å². The van der Waals surface area contributed by atoms with E-state index in [4.69, 9.17) is 5.73 Å². The third-order valence-electron chi connectivity index (χ3n) is 3.02. The summed E-state index contributed by atoms with van der Waals surface area (Å²) < 4.78 is 0. The van der Waals surface area contributed by atoms with Crippen molar-refractivity contribution >= 4 is 17.3 Å². The fraction of sp³-hybridized carbons (Fsp3) is 0.143. The van der Waals surface area contributed by atoms with Gasteiger partial charge in [-0.05, 0) is 30.7 Å². The van der Waals surface area contributed by atoms with Gasteiger partial charge in [-0.25, -0.2) is 0 Å². The van der Waals surface area contributed by atoms with Crippen LogP contribution in [-0.2, 0) is 6.54 Å². The third-order valence-corrected chi connectivity index (χ3v) is 3.02. The van der Waals surface area contributed by atoms with Crippen molar-refractivity contribution in [2.45, 2.75) is 13.5 Å². The number of nitrogens with two attached hydrogens (primary N) is 1. The van der Waals surface area contributed by atoms with Crippen molar-refractivity contribution in [3.8, 4) is 0 Å². The molecule has 0 fully saturated rings. The molecule has 0 radical (unpaired) electrons. The standard InChI is InChI=1S/C14H14N4O3/c1-9-3-2-6-16-12(9)8-17-14(19)10-4-5-13(18(20)21)11(15)7-10/h2-7H,8,15H2,1H3,(H,17,19). The Balaban J connectivity index is 2.09. The summed E-state index contributed by atoms with van der Waals surface area (Å²) in [6.45, 7) is 2.18. The molecular formula is C14H14N4O3. The fourth-order valence-electron chi connectivity index (χ4n) is 1.83. The maximum absolute atomic E-state index is 12.0. The summed E-state index contributed by atoms with van der Waals surface area (Å²) in [5, 5.41) is 13.4. The number of carbonyl (C=O) groups is 1. The summed E-state index contributed by atoms with van der Waals surface area (Å²) in [6.07, 6.45) is 1.65. The minimum absolute atomic E-state index is 0.0401. The van der Waals surface area contributed by atoms with Gasteiger partial charge in [-0.3, -0.25) is 19.9 Å². The number of anilines is 1. The van der Waals surface area contributed by atoms with Crippen LogP contribution in [0.1, 0.15) is 21.6 Å². The summed E-state index contributed by atoms with van der Waals surface area (Å²) in [5.74, 6) is -0.360. The molecule has 0 bridgehead atoms. The monoisotopic (exact) mass is 286 g/mol. The Kier molecular flexibility index (Phi) is 4.13. The maximum atomic E-state index is 12.0. The number of hydrogen-bond acceptors (Lipinski definition) is 5. The summed E-state index contributed by atoms with van der Waals surface area (Å²) >= 11 is 0. The first-order chi connectivity index (χ1) is 9.99. The smallest absolute Gasteiger partial charge is 0.292 e. The van der Waals surface area contributed by atoms with Gasteiger partial charge in [0, 0.05) is 17.8 Å². The second kappa shape index (κ2) is 6.00. The Morgan fingerprint density at radius 3 is 2.81 bits per heavy atom. The predicted octanol–water partition coefficient (Wildman–Crippen LogP) is 1.81. The highest BCUT2D eigenvalue weighted by atomic mass is 16.6. The second-order valence-electron chi connectivity index (χ2n) is 4.48. The van der Waals surface area contributed by atoms with Crippen LogP contribution in [0.4, 0.5) is 11.4 Å². The lowest BCUT2D eigenvalue weighted by molar-refractivity contribution is -0.383. The molecule has 0 unspecified atom stereocenters. The van der Waals surface area contributed by atoms with Gasteiger partial charge in [0.2, 0.25) is 0 Å². The zero-order valence-corrected chi connectivity index (χ0v) is 11.4. The zero-order valence-electron chi connectivity index (χ0n) is 11.4. The normalized spacial score (nSPS) is 10.1. The molecule has 0 aliphatic heterocycles. The predicted molar refractivity (Wildman–Crippen MR) is 77.7 cm³/mol. The molecule has 0 atom stereocenters. The molecule has 108 valence electrons. The Hall–Kier alpha value is -2.96. The van der Waals surface area contributed by atoms with E-state index < -0.39 is 4.92 Å². The zero-order chi connectivity index (χ0) is 15.4. The molecule has 0 aliphatic rings. The van der Waals surface area contributed by atoms with Gasteiger partial charge in [-0.1, -0.05) is 6.07 Å². The van der Waals surface area contributed by atoms with Crippen LogP contribution in [-0.4, -0.2) is 15.8 Å². The topological polar surface area (TPSA) is 111 Å². The van der Waals surface area contributed by atoms with E-state index in [2.05, 4.69) is 10.3 Å². The van der Waals surface area contributed by atoms with Crippen LogP contribution in [0.15, 0.2) is 36.5 Å². The van der Waals surface area contributed by atoms with Crippen molar-refractivity contribution in [2.24, 2.45) is 0 Å². The largest absolute Gasteiger partial charge is 0.393 e. The van der Waals surface area contributed by atoms with Crippen molar-refractivity contribution < 1.29 is 9.72 Å². The number of rotatable bonds is 4. The molecule has 7 heteroatoms. The van der Waals surface area contributed by atoms with E-state index in [0.29, 0.717) is 0 Å². The number of nitrogen functional groups attached to an aromatic ring is 1. The average Bonchev–Trinajstić information content (AvgIpc) is 2.45. The number of aromatic nitrogens is 1. The number of aryl methyl sites for hydroxylation is 1. The number of carbonyl (C=O) groups excluding carboxylic acids is 1. The van der Waals surface area contributed by atoms with Crippen molar-refractivity contribution in [3.63, 3.8) is 0 Å². The Labute approximate surface area is 121 Å². The Morgan fingerprint density at radius 1 is 1.43 bits per heavy atom. The first-order valence-electron chi connectivity index (χ1n) is 6.21. The van der Waals surface area contributed by atoms with Gasteiger partial charge in [-0.15, -0.1) is 0 Å². The van der Waals surface area contributed by atoms with Gasteiger partial charge in [0.25, 0.3) is 11.6 Å². The highest BCUT2D eigenvalue weighted by molar-refractivity contribution is 5.95. The van der Waals surface area contributed by atoms with Crippen LogP contribution in [0.5, 0.6) is 0 Å². The highest BCUT2D eigenvalue weighted by Crippen LogP contribution is 2.21. The van der Waals surface area contributed by atoms with Crippen LogP contribution in [0, 0.1) is 17.0 Å². The van der Waals surface area contributed by atoms with Crippen molar-refractivity contribution in [1.82, 2.24) is 10.3 Å². The molecule has 0 saturated carbocycles. The summed E-state index contributed by atoms with van der Waals surface area (Å²) in [6, 6.07) is 7.60. The molecule has 21 heavy (non-hydrogen) atoms. The van der Waals surface area contributed by atoms with E-state index in [1.807, 2.05) is 19.1 Å². The molecule has 1 aromatic carbocycles. The van der Waals surface area contributed by atoms with Gasteiger partial charge >= 0.3 is 0 Å². The minimum atomic E-state index is -0.589. The summed E-state index contributed by atoms with van der Waals surface area (Å²) in [7, 11) is 0. The number of benzene rings is 1. The van der Waals surface area contributed by atoms with Crippen LogP contribution in [0.2, 0.25) is 0 Å². The first-order valence-corrected chi connectivity index (χ1v) is 6.21. The van der Waals surface area contributed by atoms with Crippen LogP contribution < -0.4 is 11.1 Å². The number of amides is 1. The van der Waals surface area contributed by atoms with Crippen molar-refractivity contribution in [2.75, 3.05) is 5.73 Å². The molecule has 1 heterocycles. The van der Waals surface area contributed by atoms with Crippen molar-refractivity contribution in [1.29, 1.82) is 0 Å². The number of pyridine rings is 1. The lowest BCUT2D eigenvalue weighted by Gasteiger charge is -2.07. The Bertz CT molecular complexity index is 700. The Morgan fingerprint density at radius 2 is 2.19 bits per heavy atom. The van der Waals surface area contributed by atoms with Crippen LogP contribution in [0.25, 0.3) is 0 Å². The summed E-state index contributed by atoms with van der Waals surface area (Å²) in [5.41, 5.74) is 7.31. The molecule has 1 amide bonds. The van der Waals surface area contributed by atoms with Gasteiger partial charge in [0.15, 0.2) is 0 Å². The van der Waals surface area contributed by atoms with Gasteiger partial charge in [-0.2, -0.15) is 0 Å². The number of nitrogens with zero attached hydrogens (tertiary/aromatic N) is 2. The maximum Gasteiger partial charge on any atom is 0.292 e. The molecule has 3 N–H and O–H groups in total. The van der Waals surface area contributed by atoms with E-state index in [-0.39, 0.29) is 29.4 Å². The highest BCUT2D eigenvalue weighted by Gasteiger charge is 2.14. The van der Waals surface area contributed by atoms with E-state index in [1.165, 1.54) is 18.2 Å². The third kappa shape index (κ3) is 3.33. The van der Waals surface area contributed by atoms with Gasteiger partial charge in [0.1, 0.15) is 5.69 Å². The molecule has 1 aromatic heterocycles. The quantitative estimate of drug-likeness (QED) is 0.506. The van der Waals surface area contributed by atoms with E-state index in [1.54, 1.807) is 6.20 Å². The molecule has 0 saturated heterocycles. The fourth-order valence-corrected chi connectivity index (χ4v) is 1.83. The van der Waals surface area contributed by atoms with Gasteiger partial charge < -0.3 is 11.1 Å². The molecule has 2 rings (SSSR count). The summed E-state index contributed by atoms with van der Waals surface area (Å²) in [4.78, 5) is 26.2. The van der Waals surface area contributed by atoms with E-state index in [9.17, 15) is 14.9 Å². The number of nitro benzene ring substituents is 1. The average molecular weight is 286 g/mol. The molecule has 7 nitrogen and oxygen atoms in total. The van der Waals surface area contributed by atoms with Crippen molar-refractivity contribution in [3.05, 3.63) is 63.5 Å². The van der Waals surface area contributed by atoms with Gasteiger partial charge in [0.05, 0.1) is 17.2 Å². The van der Waals surface area contributed by atoms with E-state index >= 15 is 0 Å². The molecule has 2 aromatic rings. The number of nitro groups is 1. The SMILES string of the molecule is Cc1cccnc1CNC(=O)c1ccc([N+](=O)[O-])c(N)c1. The lowest BCUT2D eigenvalue weighted by atomic mass is 10.1. The number of nitrogens with one attached hydrogen (secondary N) is 1. The number of hydrogen-bond donors (Lipinski definition) is 2. The second-order valence-corrected chi connectivity index (χ2v) is 4.48. The molecule has 0 aliphatic carbocycles. The van der Waals surface area contributed by atoms with Crippen LogP contribution >= 0.6 is 0 Å². The molecule has 0 spiro atoms. The first kappa shape index (κ1) is 14.4. The lowest BCUT2D eigenvalue weighted by Crippen LogP contribution is -2.23.